The lowest BCUT2D eigenvalue weighted by Gasteiger charge is -2.40. The Morgan fingerprint density at radius 3 is 2.67 bits per heavy atom. The van der Waals surface area contributed by atoms with Crippen LogP contribution in [0, 0.1) is 0 Å². The van der Waals surface area contributed by atoms with E-state index in [2.05, 4.69) is 52.8 Å². The standard InChI is InChI=1S/C18H24N6O3/c1-18(2,3)13-6-4-5-7-14(13)27-12-10-24(11-12)16(26)9-8-15(25)19-17-20-22-23-21-17/h4-7,12H,8-11H2,1-3H3,(H2,19,20,21,22,23,25). The number of nitrogens with one attached hydrogen (secondary N) is 2. The molecule has 9 heteroatoms. The van der Waals surface area contributed by atoms with Crippen LogP contribution >= 0.6 is 0 Å². The lowest BCUT2D eigenvalue weighted by molar-refractivity contribution is -0.141. The highest BCUT2D eigenvalue weighted by Crippen LogP contribution is 2.32. The number of benzene rings is 1. The number of carbonyl (C=O) groups excluding carboxylic acids is 2. The summed E-state index contributed by atoms with van der Waals surface area (Å²) in [4.78, 5) is 25.6. The Morgan fingerprint density at radius 2 is 2.00 bits per heavy atom. The van der Waals surface area contributed by atoms with Gasteiger partial charge in [-0.15, -0.1) is 5.10 Å². The highest BCUT2D eigenvalue weighted by molar-refractivity contribution is 5.91. The van der Waals surface area contributed by atoms with Crippen LogP contribution in [-0.2, 0) is 15.0 Å². The first-order valence-electron chi connectivity index (χ1n) is 8.90. The van der Waals surface area contributed by atoms with Gasteiger partial charge >= 0.3 is 0 Å². The largest absolute Gasteiger partial charge is 0.486 e. The molecule has 27 heavy (non-hydrogen) atoms. The molecule has 1 aromatic heterocycles. The highest BCUT2D eigenvalue weighted by Gasteiger charge is 2.33. The molecular weight excluding hydrogens is 348 g/mol. The topological polar surface area (TPSA) is 113 Å². The molecule has 1 aliphatic heterocycles. The number of hydrogen-bond donors (Lipinski definition) is 2. The average Bonchev–Trinajstić information content (AvgIpc) is 3.08. The van der Waals surface area contributed by atoms with Crippen LogP contribution in [0.3, 0.4) is 0 Å². The van der Waals surface area contributed by atoms with Crippen LogP contribution in [0.25, 0.3) is 0 Å². The van der Waals surface area contributed by atoms with Crippen molar-refractivity contribution in [2.24, 2.45) is 0 Å². The molecule has 2 heterocycles. The van der Waals surface area contributed by atoms with E-state index in [1.165, 1.54) is 0 Å². The van der Waals surface area contributed by atoms with Crippen molar-refractivity contribution in [3.05, 3.63) is 29.8 Å². The Hall–Kier alpha value is -2.97. The third-order valence-corrected chi connectivity index (χ3v) is 4.35. The maximum atomic E-state index is 12.2. The number of aromatic nitrogens is 4. The van der Waals surface area contributed by atoms with Gasteiger partial charge in [0.1, 0.15) is 11.9 Å². The molecule has 144 valence electrons. The number of para-hydroxylation sites is 1. The van der Waals surface area contributed by atoms with Crippen molar-refractivity contribution in [1.82, 2.24) is 25.5 Å². The van der Waals surface area contributed by atoms with Gasteiger partial charge in [-0.25, -0.2) is 0 Å². The minimum atomic E-state index is -0.322. The van der Waals surface area contributed by atoms with Crippen molar-refractivity contribution < 1.29 is 14.3 Å². The van der Waals surface area contributed by atoms with Crippen LogP contribution in [0.4, 0.5) is 5.95 Å². The Labute approximate surface area is 157 Å². The Morgan fingerprint density at radius 1 is 1.26 bits per heavy atom. The number of ether oxygens (including phenoxy) is 1. The van der Waals surface area contributed by atoms with Gasteiger partial charge in [0.05, 0.1) is 13.1 Å². The van der Waals surface area contributed by atoms with Crippen molar-refractivity contribution in [2.75, 3.05) is 18.4 Å². The summed E-state index contributed by atoms with van der Waals surface area (Å²) in [6.45, 7) is 7.50. The first-order valence-corrected chi connectivity index (χ1v) is 8.90. The molecule has 0 bridgehead atoms. The van der Waals surface area contributed by atoms with Gasteiger partial charge in [0.15, 0.2) is 0 Å². The monoisotopic (exact) mass is 372 g/mol. The fraction of sp³-hybridized carbons (Fsp3) is 0.500. The van der Waals surface area contributed by atoms with E-state index in [0.717, 1.165) is 11.3 Å². The van der Waals surface area contributed by atoms with Gasteiger partial charge in [0.2, 0.25) is 11.8 Å². The van der Waals surface area contributed by atoms with E-state index >= 15 is 0 Å². The van der Waals surface area contributed by atoms with Gasteiger partial charge in [-0.05, 0) is 22.3 Å². The highest BCUT2D eigenvalue weighted by atomic mass is 16.5. The number of aromatic amines is 1. The van der Waals surface area contributed by atoms with Crippen LogP contribution < -0.4 is 10.1 Å². The van der Waals surface area contributed by atoms with E-state index in [9.17, 15) is 9.59 Å². The number of anilines is 1. The van der Waals surface area contributed by atoms with E-state index in [1.54, 1.807) is 4.90 Å². The van der Waals surface area contributed by atoms with Gasteiger partial charge < -0.3 is 9.64 Å². The number of rotatable bonds is 6. The first kappa shape index (κ1) is 18.8. The van der Waals surface area contributed by atoms with Crippen molar-refractivity contribution in [3.8, 4) is 5.75 Å². The average molecular weight is 372 g/mol. The van der Waals surface area contributed by atoms with Crippen LogP contribution in [0.5, 0.6) is 5.75 Å². The van der Waals surface area contributed by atoms with Gasteiger partial charge in [0, 0.05) is 12.8 Å². The summed E-state index contributed by atoms with van der Waals surface area (Å²) in [5.74, 6) is 0.573. The molecule has 0 radical (unpaired) electrons. The van der Waals surface area contributed by atoms with Crippen molar-refractivity contribution in [3.63, 3.8) is 0 Å². The first-order chi connectivity index (χ1) is 12.8. The molecule has 3 rings (SSSR count). The predicted octanol–water partition coefficient (Wildman–Crippen LogP) is 1.51. The van der Waals surface area contributed by atoms with Gasteiger partial charge in [-0.3, -0.25) is 14.9 Å². The van der Waals surface area contributed by atoms with E-state index in [-0.39, 0.29) is 42.1 Å². The number of nitrogens with zero attached hydrogens (tertiary/aromatic N) is 4. The molecular formula is C18H24N6O3. The second-order valence-corrected chi connectivity index (χ2v) is 7.57. The Balaban J connectivity index is 1.43. The van der Waals surface area contributed by atoms with E-state index in [0.29, 0.717) is 13.1 Å². The SMILES string of the molecule is CC(C)(C)c1ccccc1OC1CN(C(=O)CCC(=O)Nc2nn[nH]n2)C1. The number of H-pyrrole nitrogens is 1. The zero-order chi connectivity index (χ0) is 19.4. The minimum absolute atomic E-state index is 0.0120. The fourth-order valence-electron chi connectivity index (χ4n) is 2.87. The van der Waals surface area contributed by atoms with Crippen LogP contribution in [-0.4, -0.2) is 56.5 Å². The summed E-state index contributed by atoms with van der Waals surface area (Å²) in [7, 11) is 0. The smallest absolute Gasteiger partial charge is 0.269 e. The van der Waals surface area contributed by atoms with Crippen LogP contribution in [0.1, 0.15) is 39.2 Å². The van der Waals surface area contributed by atoms with E-state index in [4.69, 9.17) is 4.74 Å². The summed E-state index contributed by atoms with van der Waals surface area (Å²) >= 11 is 0. The minimum Gasteiger partial charge on any atom is -0.486 e. The van der Waals surface area contributed by atoms with Gasteiger partial charge in [-0.2, -0.15) is 5.21 Å². The number of carbonyl (C=O) groups is 2. The molecule has 1 aromatic carbocycles. The summed E-state index contributed by atoms with van der Waals surface area (Å²) in [6, 6.07) is 7.99. The molecule has 2 aromatic rings. The fourth-order valence-corrected chi connectivity index (χ4v) is 2.87. The van der Waals surface area contributed by atoms with Crippen LogP contribution in [0.15, 0.2) is 24.3 Å². The third-order valence-electron chi connectivity index (χ3n) is 4.35. The quantitative estimate of drug-likeness (QED) is 0.795. The van der Waals surface area contributed by atoms with Crippen LogP contribution in [0.2, 0.25) is 0 Å². The Kier molecular flexibility index (Phi) is 5.38. The van der Waals surface area contributed by atoms with Crippen molar-refractivity contribution >= 4 is 17.8 Å². The summed E-state index contributed by atoms with van der Waals surface area (Å²) in [5.41, 5.74) is 1.13. The molecule has 0 aliphatic carbocycles. The summed E-state index contributed by atoms with van der Waals surface area (Å²) < 4.78 is 6.08. The molecule has 0 spiro atoms. The summed E-state index contributed by atoms with van der Waals surface area (Å²) in [5, 5.41) is 15.3. The molecule has 2 N–H and O–H groups in total. The molecule has 1 aliphatic rings. The second kappa shape index (κ2) is 7.73. The molecule has 0 unspecified atom stereocenters. The maximum Gasteiger partial charge on any atom is 0.269 e. The van der Waals surface area contributed by atoms with E-state index < -0.39 is 0 Å². The zero-order valence-corrected chi connectivity index (χ0v) is 15.7. The van der Waals surface area contributed by atoms with E-state index in [1.807, 2.05) is 18.2 Å². The lowest BCUT2D eigenvalue weighted by atomic mass is 9.86. The number of likely N-dealkylation sites (tertiary alicyclic amines) is 1. The molecule has 1 fully saturated rings. The number of amides is 2. The molecule has 2 amide bonds. The Bertz CT molecular complexity index is 794. The molecule has 0 atom stereocenters. The number of tetrazole rings is 1. The molecule has 9 nitrogen and oxygen atoms in total. The normalized spacial score (nSPS) is 14.6. The zero-order valence-electron chi connectivity index (χ0n) is 15.7. The van der Waals surface area contributed by atoms with Crippen molar-refractivity contribution in [1.29, 1.82) is 0 Å². The predicted molar refractivity (Wildman–Crippen MR) is 98.2 cm³/mol. The second-order valence-electron chi connectivity index (χ2n) is 7.57. The molecule has 0 saturated carbocycles. The van der Waals surface area contributed by atoms with Gasteiger partial charge in [0.25, 0.3) is 5.95 Å². The third kappa shape index (κ3) is 4.81. The summed E-state index contributed by atoms with van der Waals surface area (Å²) in [6.07, 6.45) is 0.183. The molecule has 1 saturated heterocycles. The van der Waals surface area contributed by atoms with Crippen molar-refractivity contribution in [2.45, 2.75) is 45.1 Å². The maximum absolute atomic E-state index is 12.2. The lowest BCUT2D eigenvalue weighted by Crippen LogP contribution is -2.56. The van der Waals surface area contributed by atoms with Gasteiger partial charge in [-0.1, -0.05) is 44.1 Å². The number of hydrogen-bond acceptors (Lipinski definition) is 6.